The predicted octanol–water partition coefficient (Wildman–Crippen LogP) is 4.02. The van der Waals surface area contributed by atoms with Crippen molar-refractivity contribution < 1.29 is 23.8 Å². The Bertz CT molecular complexity index is 1180. The molecule has 1 aromatic heterocycles. The number of aliphatic hydroxyl groups excluding tert-OH is 1. The first-order chi connectivity index (χ1) is 18.6. The molecular weight excluding hydrogens is 484 g/mol. The molecule has 2 aromatic rings. The Kier molecular flexibility index (Phi) is 8.82. The molecule has 2 fully saturated rings. The Morgan fingerprint density at radius 1 is 1.11 bits per heavy atom. The average Bonchev–Trinajstić information content (AvgIpc) is 2.97. The standard InChI is InChI=1S/C30H40N2O6/c1-2-36-30-22(10-8-18-33)24(25-20-37-26-11-5-4-9-23(26)28(25)34)19-27(38-30)29(35)32-16-12-21(13-17-32)31-14-6-3-7-15-31/h4-5,9,11,19-22,24,30,33H,2-3,6-8,10,12-18H2,1H3. The monoisotopic (exact) mass is 524 g/mol. The van der Waals surface area contributed by atoms with Crippen molar-refractivity contribution in [2.24, 2.45) is 5.92 Å². The fraction of sp³-hybridized carbons (Fsp3) is 0.600. The van der Waals surface area contributed by atoms with Crippen LogP contribution in [-0.2, 0) is 14.3 Å². The van der Waals surface area contributed by atoms with Crippen molar-refractivity contribution in [3.8, 4) is 0 Å². The summed E-state index contributed by atoms with van der Waals surface area (Å²) in [4.78, 5) is 31.7. The number of piperidine rings is 2. The van der Waals surface area contributed by atoms with E-state index in [4.69, 9.17) is 13.9 Å². The molecule has 0 radical (unpaired) electrons. The molecule has 3 unspecified atom stereocenters. The summed E-state index contributed by atoms with van der Waals surface area (Å²) in [6.45, 7) is 6.02. The number of allylic oxidation sites excluding steroid dienone is 1. The molecule has 3 atom stereocenters. The third-order valence-corrected chi connectivity index (χ3v) is 8.35. The van der Waals surface area contributed by atoms with E-state index in [-0.39, 0.29) is 29.6 Å². The first kappa shape index (κ1) is 26.9. The molecular formula is C30H40N2O6. The molecule has 1 aromatic carbocycles. The molecule has 0 bridgehead atoms. The van der Waals surface area contributed by atoms with Crippen LogP contribution in [0.25, 0.3) is 11.0 Å². The second-order valence-corrected chi connectivity index (χ2v) is 10.7. The highest BCUT2D eigenvalue weighted by molar-refractivity contribution is 5.92. The minimum Gasteiger partial charge on any atom is -0.464 e. The molecule has 0 aliphatic carbocycles. The van der Waals surface area contributed by atoms with Crippen LogP contribution in [0.5, 0.6) is 0 Å². The first-order valence-corrected chi connectivity index (χ1v) is 14.3. The maximum Gasteiger partial charge on any atom is 0.288 e. The molecule has 3 aliphatic rings. The molecule has 1 N–H and O–H groups in total. The summed E-state index contributed by atoms with van der Waals surface area (Å²) < 4.78 is 18.0. The number of aliphatic hydroxyl groups is 1. The summed E-state index contributed by atoms with van der Waals surface area (Å²) >= 11 is 0. The van der Waals surface area contributed by atoms with Crippen molar-refractivity contribution in [3.63, 3.8) is 0 Å². The second-order valence-electron chi connectivity index (χ2n) is 10.7. The Morgan fingerprint density at radius 2 is 1.87 bits per heavy atom. The highest BCUT2D eigenvalue weighted by Crippen LogP contribution is 2.39. The number of amides is 1. The van der Waals surface area contributed by atoms with Gasteiger partial charge in [0.15, 0.2) is 11.2 Å². The van der Waals surface area contributed by atoms with Crippen molar-refractivity contribution in [2.45, 2.75) is 70.1 Å². The van der Waals surface area contributed by atoms with Gasteiger partial charge in [-0.15, -0.1) is 0 Å². The van der Waals surface area contributed by atoms with Crippen LogP contribution in [0.4, 0.5) is 0 Å². The van der Waals surface area contributed by atoms with Crippen LogP contribution in [0.2, 0.25) is 0 Å². The van der Waals surface area contributed by atoms with Gasteiger partial charge >= 0.3 is 0 Å². The van der Waals surface area contributed by atoms with Crippen LogP contribution < -0.4 is 5.43 Å². The van der Waals surface area contributed by atoms with Crippen LogP contribution in [0.3, 0.4) is 0 Å². The number of nitrogens with zero attached hydrogens (tertiary/aromatic N) is 2. The number of para-hydroxylation sites is 1. The smallest absolute Gasteiger partial charge is 0.288 e. The molecule has 4 heterocycles. The number of carbonyl (C=O) groups is 1. The average molecular weight is 525 g/mol. The van der Waals surface area contributed by atoms with E-state index >= 15 is 0 Å². The van der Waals surface area contributed by atoms with Crippen LogP contribution in [0.15, 0.2) is 51.6 Å². The van der Waals surface area contributed by atoms with Crippen molar-refractivity contribution >= 4 is 16.9 Å². The van der Waals surface area contributed by atoms with Crippen molar-refractivity contribution in [1.29, 1.82) is 0 Å². The summed E-state index contributed by atoms with van der Waals surface area (Å²) in [5.41, 5.74) is 0.889. The van der Waals surface area contributed by atoms with Gasteiger partial charge in [0.05, 0.1) is 11.6 Å². The van der Waals surface area contributed by atoms with Gasteiger partial charge in [-0.2, -0.15) is 0 Å². The van der Waals surface area contributed by atoms with Gasteiger partial charge < -0.3 is 28.8 Å². The molecule has 206 valence electrons. The van der Waals surface area contributed by atoms with E-state index in [1.165, 1.54) is 25.5 Å². The minimum atomic E-state index is -0.697. The van der Waals surface area contributed by atoms with E-state index in [9.17, 15) is 14.7 Å². The van der Waals surface area contributed by atoms with Crippen LogP contribution >= 0.6 is 0 Å². The van der Waals surface area contributed by atoms with Crippen molar-refractivity contribution in [1.82, 2.24) is 9.80 Å². The zero-order valence-corrected chi connectivity index (χ0v) is 22.3. The Balaban J connectivity index is 1.42. The van der Waals surface area contributed by atoms with Gasteiger partial charge in [-0.1, -0.05) is 18.6 Å². The van der Waals surface area contributed by atoms with E-state index in [0.717, 1.165) is 25.9 Å². The molecule has 5 rings (SSSR count). The van der Waals surface area contributed by atoms with Gasteiger partial charge in [-0.05, 0) is 76.7 Å². The summed E-state index contributed by atoms with van der Waals surface area (Å²) in [7, 11) is 0. The molecule has 8 heteroatoms. The van der Waals surface area contributed by atoms with Crippen molar-refractivity contribution in [3.05, 3.63) is 58.2 Å². The summed E-state index contributed by atoms with van der Waals surface area (Å²) in [6, 6.07) is 7.72. The second kappa shape index (κ2) is 12.5. The maximum absolute atomic E-state index is 13.7. The molecule has 2 saturated heterocycles. The summed E-state index contributed by atoms with van der Waals surface area (Å²) in [5, 5.41) is 10.1. The Morgan fingerprint density at radius 3 is 2.61 bits per heavy atom. The summed E-state index contributed by atoms with van der Waals surface area (Å²) in [6.07, 6.45) is 9.49. The van der Waals surface area contributed by atoms with E-state index in [1.807, 2.05) is 24.0 Å². The number of likely N-dealkylation sites (tertiary alicyclic amines) is 2. The fourth-order valence-corrected chi connectivity index (χ4v) is 6.31. The number of ether oxygens (including phenoxy) is 2. The maximum atomic E-state index is 13.7. The lowest BCUT2D eigenvalue weighted by atomic mass is 9.80. The topological polar surface area (TPSA) is 92.5 Å². The van der Waals surface area contributed by atoms with Gasteiger partial charge in [0.2, 0.25) is 6.29 Å². The largest absolute Gasteiger partial charge is 0.464 e. The zero-order chi connectivity index (χ0) is 26.5. The van der Waals surface area contributed by atoms with Gasteiger partial charge in [0.25, 0.3) is 5.91 Å². The third kappa shape index (κ3) is 5.67. The predicted molar refractivity (Wildman–Crippen MR) is 145 cm³/mol. The molecule has 38 heavy (non-hydrogen) atoms. The third-order valence-electron chi connectivity index (χ3n) is 8.35. The Hall–Kier alpha value is -2.68. The number of hydrogen-bond donors (Lipinski definition) is 1. The van der Waals surface area contributed by atoms with E-state index in [1.54, 1.807) is 18.2 Å². The van der Waals surface area contributed by atoms with Crippen LogP contribution in [0, 0.1) is 5.92 Å². The molecule has 3 aliphatic heterocycles. The highest BCUT2D eigenvalue weighted by Gasteiger charge is 2.40. The van der Waals surface area contributed by atoms with Crippen LogP contribution in [-0.4, -0.2) is 72.5 Å². The number of fused-ring (bicyclic) bond motifs is 1. The summed E-state index contributed by atoms with van der Waals surface area (Å²) in [5.74, 6) is -0.592. The lowest BCUT2D eigenvalue weighted by molar-refractivity contribution is -0.171. The lowest BCUT2D eigenvalue weighted by Crippen LogP contribution is -2.49. The minimum absolute atomic E-state index is 0.0237. The van der Waals surface area contributed by atoms with Crippen molar-refractivity contribution in [2.75, 3.05) is 39.4 Å². The molecule has 0 spiro atoms. The van der Waals surface area contributed by atoms with E-state index in [0.29, 0.717) is 55.1 Å². The van der Waals surface area contributed by atoms with Gasteiger partial charge in [-0.25, -0.2) is 0 Å². The SMILES string of the molecule is CCOC1OC(C(=O)N2CCC(N3CCCCC3)CC2)=CC(c2coc3ccccc3c2=O)C1CCCO. The molecule has 0 saturated carbocycles. The molecule has 8 nitrogen and oxygen atoms in total. The first-order valence-electron chi connectivity index (χ1n) is 14.3. The van der Waals surface area contributed by atoms with Gasteiger partial charge in [0.1, 0.15) is 5.58 Å². The van der Waals surface area contributed by atoms with Crippen LogP contribution in [0.1, 0.15) is 63.4 Å². The lowest BCUT2D eigenvalue weighted by Gasteiger charge is -2.41. The number of rotatable bonds is 8. The number of carbonyl (C=O) groups excluding carboxylic acids is 1. The van der Waals surface area contributed by atoms with Gasteiger partial charge in [-0.3, -0.25) is 9.59 Å². The van der Waals surface area contributed by atoms with E-state index in [2.05, 4.69) is 4.90 Å². The highest BCUT2D eigenvalue weighted by atomic mass is 16.7. The Labute approximate surface area is 224 Å². The van der Waals surface area contributed by atoms with Gasteiger partial charge in [0, 0.05) is 49.7 Å². The fourth-order valence-electron chi connectivity index (χ4n) is 6.31. The van der Waals surface area contributed by atoms with E-state index < -0.39 is 12.2 Å². The molecule has 1 amide bonds. The number of benzene rings is 1. The number of hydrogen-bond acceptors (Lipinski definition) is 7. The zero-order valence-electron chi connectivity index (χ0n) is 22.3. The normalized spacial score (nSPS) is 25.3. The quantitative estimate of drug-likeness (QED) is 0.558.